The quantitative estimate of drug-likeness (QED) is 0.689. The number of benzene rings is 2. The third-order valence-electron chi connectivity index (χ3n) is 3.34. The zero-order chi connectivity index (χ0) is 17.1. The van der Waals surface area contributed by atoms with E-state index in [-0.39, 0.29) is 10.7 Å². The van der Waals surface area contributed by atoms with Crippen molar-refractivity contribution in [1.82, 2.24) is 9.55 Å². The number of thioether (sulfide) groups is 1. The number of nitrogens with one attached hydrogen (secondary N) is 1. The molecule has 1 aromatic heterocycles. The number of anilines is 1. The molecule has 2 aromatic carbocycles. The van der Waals surface area contributed by atoms with Gasteiger partial charge >= 0.3 is 0 Å². The van der Waals surface area contributed by atoms with E-state index < -0.39 is 11.7 Å². The van der Waals surface area contributed by atoms with Gasteiger partial charge in [0.25, 0.3) is 5.91 Å². The molecule has 0 aliphatic carbocycles. The fourth-order valence-corrected chi connectivity index (χ4v) is 2.95. The third kappa shape index (κ3) is 3.29. The first-order chi connectivity index (χ1) is 11.6. The summed E-state index contributed by atoms with van der Waals surface area (Å²) in [6.07, 6.45) is 3.35. The van der Waals surface area contributed by atoms with Crippen LogP contribution in [0, 0.1) is 5.82 Å². The van der Waals surface area contributed by atoms with E-state index in [1.165, 1.54) is 30.1 Å². The Kier molecular flexibility index (Phi) is 4.87. The zero-order valence-electron chi connectivity index (χ0n) is 12.7. The van der Waals surface area contributed by atoms with Gasteiger partial charge in [-0.1, -0.05) is 41.6 Å². The summed E-state index contributed by atoms with van der Waals surface area (Å²) >= 11 is 7.15. The summed E-state index contributed by atoms with van der Waals surface area (Å²) in [7, 11) is 0. The Morgan fingerprint density at radius 2 is 2.00 bits per heavy atom. The molecule has 0 saturated carbocycles. The number of aromatic nitrogens is 2. The molecule has 0 aliphatic heterocycles. The van der Waals surface area contributed by atoms with Gasteiger partial charge in [0, 0.05) is 10.7 Å². The van der Waals surface area contributed by atoms with Crippen molar-refractivity contribution in [1.29, 1.82) is 0 Å². The molecule has 0 fully saturated rings. The normalized spacial score (nSPS) is 10.6. The Bertz CT molecular complexity index is 883. The number of carbonyl (C=O) groups is 1. The van der Waals surface area contributed by atoms with Gasteiger partial charge in [-0.25, -0.2) is 9.37 Å². The van der Waals surface area contributed by atoms with Crippen LogP contribution in [0.3, 0.4) is 0 Å². The number of carbonyl (C=O) groups excluding carboxylic acids is 1. The van der Waals surface area contributed by atoms with Crippen molar-refractivity contribution in [2.75, 3.05) is 11.6 Å². The lowest BCUT2D eigenvalue weighted by atomic mass is 10.2. The molecular formula is C17H13ClFN3OS. The van der Waals surface area contributed by atoms with Crippen LogP contribution < -0.4 is 5.32 Å². The second-order valence-corrected chi connectivity index (χ2v) is 6.09. The predicted molar refractivity (Wildman–Crippen MR) is 94.7 cm³/mol. The van der Waals surface area contributed by atoms with E-state index in [1.54, 1.807) is 4.57 Å². The fourth-order valence-electron chi connectivity index (χ4n) is 2.24. The van der Waals surface area contributed by atoms with Gasteiger partial charge in [0.15, 0.2) is 5.16 Å². The molecule has 0 atom stereocenters. The van der Waals surface area contributed by atoms with Crippen LogP contribution in [0.2, 0.25) is 5.02 Å². The minimum Gasteiger partial charge on any atom is -0.318 e. The van der Waals surface area contributed by atoms with Crippen LogP contribution in [0.15, 0.2) is 59.9 Å². The van der Waals surface area contributed by atoms with Crippen LogP contribution in [0.25, 0.3) is 5.69 Å². The molecule has 0 radical (unpaired) electrons. The zero-order valence-corrected chi connectivity index (χ0v) is 14.2. The maximum absolute atomic E-state index is 13.9. The molecule has 0 aliphatic rings. The number of hydrogen-bond donors (Lipinski definition) is 1. The van der Waals surface area contributed by atoms with Crippen LogP contribution in [0.5, 0.6) is 0 Å². The first-order valence-corrected chi connectivity index (χ1v) is 8.64. The van der Waals surface area contributed by atoms with Gasteiger partial charge in [-0.05, 0) is 36.6 Å². The summed E-state index contributed by atoms with van der Waals surface area (Å²) in [5.41, 5.74) is 1.19. The SMILES string of the molecule is CSc1ncc(C(=O)Nc2ccc(Cl)cc2F)n1-c1ccccc1. The van der Waals surface area contributed by atoms with Gasteiger partial charge in [-0.3, -0.25) is 9.36 Å². The molecule has 3 rings (SSSR count). The Morgan fingerprint density at radius 1 is 1.25 bits per heavy atom. The van der Waals surface area contributed by atoms with E-state index in [0.717, 1.165) is 11.8 Å². The van der Waals surface area contributed by atoms with Crippen LogP contribution in [-0.2, 0) is 0 Å². The van der Waals surface area contributed by atoms with Crippen molar-refractivity contribution in [3.8, 4) is 5.69 Å². The molecule has 4 nitrogen and oxygen atoms in total. The van der Waals surface area contributed by atoms with Crippen molar-refractivity contribution in [3.05, 3.63) is 71.3 Å². The van der Waals surface area contributed by atoms with E-state index in [4.69, 9.17) is 11.6 Å². The van der Waals surface area contributed by atoms with Crippen molar-refractivity contribution in [2.24, 2.45) is 0 Å². The van der Waals surface area contributed by atoms with Crippen molar-refractivity contribution < 1.29 is 9.18 Å². The van der Waals surface area contributed by atoms with Gasteiger partial charge in [-0.2, -0.15) is 0 Å². The minimum absolute atomic E-state index is 0.0657. The molecule has 0 spiro atoms. The Hall–Kier alpha value is -2.31. The average molecular weight is 362 g/mol. The highest BCUT2D eigenvalue weighted by molar-refractivity contribution is 7.98. The molecule has 7 heteroatoms. The summed E-state index contributed by atoms with van der Waals surface area (Å²) in [4.78, 5) is 16.9. The first kappa shape index (κ1) is 16.5. The summed E-state index contributed by atoms with van der Waals surface area (Å²) in [5.74, 6) is -1.04. The minimum atomic E-state index is -0.591. The lowest BCUT2D eigenvalue weighted by Crippen LogP contribution is -2.17. The van der Waals surface area contributed by atoms with Crippen LogP contribution in [0.4, 0.5) is 10.1 Å². The molecule has 1 amide bonds. The Labute approximate surface area is 147 Å². The summed E-state index contributed by atoms with van der Waals surface area (Å²) in [5, 5.41) is 3.50. The number of nitrogens with zero attached hydrogens (tertiary/aromatic N) is 2. The van der Waals surface area contributed by atoms with E-state index in [0.29, 0.717) is 10.9 Å². The number of amides is 1. The summed E-state index contributed by atoms with van der Waals surface area (Å²) in [6, 6.07) is 13.5. The van der Waals surface area contributed by atoms with Gasteiger partial charge in [0.05, 0.1) is 11.9 Å². The average Bonchev–Trinajstić information content (AvgIpc) is 3.02. The van der Waals surface area contributed by atoms with Gasteiger partial charge < -0.3 is 5.32 Å². The highest BCUT2D eigenvalue weighted by atomic mass is 35.5. The number of para-hydroxylation sites is 1. The maximum atomic E-state index is 13.9. The molecule has 3 aromatic rings. The maximum Gasteiger partial charge on any atom is 0.274 e. The molecule has 24 heavy (non-hydrogen) atoms. The van der Waals surface area contributed by atoms with E-state index in [2.05, 4.69) is 10.3 Å². The second kappa shape index (κ2) is 7.07. The molecule has 122 valence electrons. The smallest absolute Gasteiger partial charge is 0.274 e. The number of hydrogen-bond acceptors (Lipinski definition) is 3. The van der Waals surface area contributed by atoms with E-state index in [9.17, 15) is 9.18 Å². The number of imidazole rings is 1. The monoisotopic (exact) mass is 361 g/mol. The lowest BCUT2D eigenvalue weighted by molar-refractivity contribution is 0.101. The Morgan fingerprint density at radius 3 is 2.67 bits per heavy atom. The summed E-state index contributed by atoms with van der Waals surface area (Å²) < 4.78 is 15.6. The van der Waals surface area contributed by atoms with Gasteiger partial charge in [-0.15, -0.1) is 0 Å². The van der Waals surface area contributed by atoms with Gasteiger partial charge in [0.2, 0.25) is 0 Å². The number of halogens is 2. The topological polar surface area (TPSA) is 46.9 Å². The standard InChI is InChI=1S/C17H13ClFN3OS/c1-24-17-20-10-15(22(17)12-5-3-2-4-6-12)16(23)21-14-8-7-11(18)9-13(14)19/h2-10H,1H3,(H,21,23). The van der Waals surface area contributed by atoms with Crippen LogP contribution in [0.1, 0.15) is 10.5 Å². The molecule has 0 saturated heterocycles. The first-order valence-electron chi connectivity index (χ1n) is 7.03. The molecule has 0 bridgehead atoms. The number of rotatable bonds is 4. The van der Waals surface area contributed by atoms with Crippen molar-refractivity contribution >= 4 is 35.0 Å². The third-order valence-corrected chi connectivity index (χ3v) is 4.23. The van der Waals surface area contributed by atoms with Crippen LogP contribution in [-0.4, -0.2) is 21.7 Å². The molecule has 1 N–H and O–H groups in total. The molecule has 0 unspecified atom stereocenters. The Balaban J connectivity index is 1.97. The fraction of sp³-hybridized carbons (Fsp3) is 0.0588. The molecular weight excluding hydrogens is 349 g/mol. The molecule has 1 heterocycles. The highest BCUT2D eigenvalue weighted by Gasteiger charge is 2.18. The van der Waals surface area contributed by atoms with Crippen molar-refractivity contribution in [3.63, 3.8) is 0 Å². The van der Waals surface area contributed by atoms with Crippen LogP contribution >= 0.6 is 23.4 Å². The predicted octanol–water partition coefficient (Wildman–Crippen LogP) is 4.64. The van der Waals surface area contributed by atoms with Gasteiger partial charge in [0.1, 0.15) is 11.5 Å². The highest BCUT2D eigenvalue weighted by Crippen LogP contribution is 2.24. The largest absolute Gasteiger partial charge is 0.318 e. The summed E-state index contributed by atoms with van der Waals surface area (Å²) in [6.45, 7) is 0. The van der Waals surface area contributed by atoms with Crippen molar-refractivity contribution in [2.45, 2.75) is 5.16 Å². The lowest BCUT2D eigenvalue weighted by Gasteiger charge is -2.11. The van der Waals surface area contributed by atoms with E-state index >= 15 is 0 Å². The van der Waals surface area contributed by atoms with E-state index in [1.807, 2.05) is 36.6 Å². The second-order valence-electron chi connectivity index (χ2n) is 4.88.